The number of hydrogen-bond acceptors (Lipinski definition) is 2. The fourth-order valence-corrected chi connectivity index (χ4v) is 2.70. The molecule has 2 rings (SSSR count). The molecule has 1 aromatic carbocycles. The van der Waals surface area contributed by atoms with E-state index in [2.05, 4.69) is 54.6 Å². The van der Waals surface area contributed by atoms with Crippen LogP contribution in [0.25, 0.3) is 0 Å². The van der Waals surface area contributed by atoms with Crippen molar-refractivity contribution in [2.75, 3.05) is 27.2 Å². The molecule has 1 heterocycles. The summed E-state index contributed by atoms with van der Waals surface area (Å²) >= 11 is 0. The predicted octanol–water partition coefficient (Wildman–Crippen LogP) is 2.29. The van der Waals surface area contributed by atoms with Crippen LogP contribution in [0.5, 0.6) is 0 Å². The van der Waals surface area contributed by atoms with E-state index in [1.165, 1.54) is 31.5 Å². The van der Waals surface area contributed by atoms with Crippen LogP contribution >= 0.6 is 0 Å². The van der Waals surface area contributed by atoms with Gasteiger partial charge in [-0.3, -0.25) is 0 Å². The molecule has 1 saturated heterocycles. The Labute approximate surface area is 98.7 Å². The summed E-state index contributed by atoms with van der Waals surface area (Å²) in [5.41, 5.74) is 1.43. The van der Waals surface area contributed by atoms with Crippen molar-refractivity contribution in [3.63, 3.8) is 0 Å². The number of rotatable bonds is 3. The second-order valence-electron chi connectivity index (χ2n) is 4.82. The van der Waals surface area contributed by atoms with Gasteiger partial charge in [0.2, 0.25) is 0 Å². The molecule has 0 spiro atoms. The monoisotopic (exact) mass is 218 g/mol. The van der Waals surface area contributed by atoms with Crippen molar-refractivity contribution >= 4 is 0 Å². The highest BCUT2D eigenvalue weighted by atomic mass is 15.1. The summed E-state index contributed by atoms with van der Waals surface area (Å²) in [6.45, 7) is 2.46. The molecule has 1 fully saturated rings. The molecule has 1 unspecified atom stereocenters. The second-order valence-corrected chi connectivity index (χ2v) is 4.82. The molecular weight excluding hydrogens is 196 g/mol. The standard InChI is InChI=1S/C14H22N2/c1-15-14(12-6-4-3-5-7-12)13-8-10-16(2)11-9-13/h3-7,13-15H,8-11H2,1-2H3. The number of benzene rings is 1. The Morgan fingerprint density at radius 3 is 2.38 bits per heavy atom. The Morgan fingerprint density at radius 1 is 1.19 bits per heavy atom. The summed E-state index contributed by atoms with van der Waals surface area (Å²) in [6.07, 6.45) is 2.60. The molecule has 2 heteroatoms. The van der Waals surface area contributed by atoms with E-state index in [0.717, 1.165) is 5.92 Å². The van der Waals surface area contributed by atoms with Crippen molar-refractivity contribution in [3.05, 3.63) is 35.9 Å². The van der Waals surface area contributed by atoms with E-state index in [1.54, 1.807) is 0 Å². The Hall–Kier alpha value is -0.860. The van der Waals surface area contributed by atoms with Crippen molar-refractivity contribution in [2.45, 2.75) is 18.9 Å². The number of nitrogens with one attached hydrogen (secondary N) is 1. The average molecular weight is 218 g/mol. The number of hydrogen-bond donors (Lipinski definition) is 1. The van der Waals surface area contributed by atoms with Crippen molar-refractivity contribution in [1.29, 1.82) is 0 Å². The summed E-state index contributed by atoms with van der Waals surface area (Å²) in [7, 11) is 4.29. The zero-order valence-corrected chi connectivity index (χ0v) is 10.3. The van der Waals surface area contributed by atoms with Gasteiger partial charge < -0.3 is 10.2 Å². The average Bonchev–Trinajstić information content (AvgIpc) is 2.34. The van der Waals surface area contributed by atoms with Crippen LogP contribution in [0.15, 0.2) is 30.3 Å². The summed E-state index contributed by atoms with van der Waals surface area (Å²) in [6, 6.07) is 11.3. The lowest BCUT2D eigenvalue weighted by Gasteiger charge is -2.34. The van der Waals surface area contributed by atoms with Gasteiger partial charge in [0.1, 0.15) is 0 Å². The third kappa shape index (κ3) is 2.63. The van der Waals surface area contributed by atoms with Crippen LogP contribution in [-0.4, -0.2) is 32.1 Å². The lowest BCUT2D eigenvalue weighted by molar-refractivity contribution is 0.188. The molecular formula is C14H22N2. The first-order valence-electron chi connectivity index (χ1n) is 6.22. The van der Waals surface area contributed by atoms with Crippen LogP contribution in [0, 0.1) is 5.92 Å². The Balaban J connectivity index is 2.05. The molecule has 16 heavy (non-hydrogen) atoms. The molecule has 0 aliphatic carbocycles. The zero-order valence-electron chi connectivity index (χ0n) is 10.3. The minimum absolute atomic E-state index is 0.523. The molecule has 0 saturated carbocycles. The summed E-state index contributed by atoms with van der Waals surface area (Å²) in [5, 5.41) is 3.48. The van der Waals surface area contributed by atoms with Crippen LogP contribution < -0.4 is 5.32 Å². The normalized spacial score (nSPS) is 20.9. The van der Waals surface area contributed by atoms with E-state index in [0.29, 0.717) is 6.04 Å². The molecule has 0 aromatic heterocycles. The maximum atomic E-state index is 3.48. The lowest BCUT2D eigenvalue weighted by Crippen LogP contribution is -2.36. The van der Waals surface area contributed by atoms with Crippen molar-refractivity contribution < 1.29 is 0 Å². The highest BCUT2D eigenvalue weighted by Crippen LogP contribution is 2.29. The van der Waals surface area contributed by atoms with Gasteiger partial charge in [0.25, 0.3) is 0 Å². The molecule has 0 bridgehead atoms. The SMILES string of the molecule is CNC(c1ccccc1)C1CCN(C)CC1. The van der Waals surface area contributed by atoms with Crippen molar-refractivity contribution in [1.82, 2.24) is 10.2 Å². The van der Waals surface area contributed by atoms with Gasteiger partial charge in [-0.05, 0) is 51.5 Å². The maximum Gasteiger partial charge on any atom is 0.0347 e. The van der Waals surface area contributed by atoms with E-state index in [1.807, 2.05) is 0 Å². The lowest BCUT2D eigenvalue weighted by atomic mass is 9.85. The van der Waals surface area contributed by atoms with Crippen molar-refractivity contribution in [3.8, 4) is 0 Å². The van der Waals surface area contributed by atoms with Gasteiger partial charge in [-0.1, -0.05) is 30.3 Å². The highest BCUT2D eigenvalue weighted by Gasteiger charge is 2.25. The largest absolute Gasteiger partial charge is 0.313 e. The van der Waals surface area contributed by atoms with Crippen LogP contribution in [-0.2, 0) is 0 Å². The smallest absolute Gasteiger partial charge is 0.0347 e. The minimum atomic E-state index is 0.523. The van der Waals surface area contributed by atoms with E-state index in [4.69, 9.17) is 0 Å². The highest BCUT2D eigenvalue weighted by molar-refractivity contribution is 5.19. The summed E-state index contributed by atoms with van der Waals surface area (Å²) in [4.78, 5) is 2.42. The van der Waals surface area contributed by atoms with Gasteiger partial charge in [-0.15, -0.1) is 0 Å². The van der Waals surface area contributed by atoms with Gasteiger partial charge in [0, 0.05) is 6.04 Å². The molecule has 2 nitrogen and oxygen atoms in total. The first kappa shape index (κ1) is 11.6. The third-order valence-electron chi connectivity index (χ3n) is 3.70. The van der Waals surface area contributed by atoms with Gasteiger partial charge in [0.05, 0.1) is 0 Å². The topological polar surface area (TPSA) is 15.3 Å². The first-order chi connectivity index (χ1) is 7.81. The van der Waals surface area contributed by atoms with E-state index < -0.39 is 0 Å². The Kier molecular flexibility index (Phi) is 3.97. The zero-order chi connectivity index (χ0) is 11.4. The Morgan fingerprint density at radius 2 is 1.81 bits per heavy atom. The molecule has 1 aromatic rings. The maximum absolute atomic E-state index is 3.48. The number of likely N-dealkylation sites (tertiary alicyclic amines) is 1. The number of nitrogens with zero attached hydrogens (tertiary/aromatic N) is 1. The quantitative estimate of drug-likeness (QED) is 0.837. The second kappa shape index (κ2) is 5.46. The third-order valence-corrected chi connectivity index (χ3v) is 3.70. The molecule has 0 amide bonds. The van der Waals surface area contributed by atoms with Gasteiger partial charge in [-0.25, -0.2) is 0 Å². The van der Waals surface area contributed by atoms with E-state index >= 15 is 0 Å². The van der Waals surface area contributed by atoms with Gasteiger partial charge in [-0.2, -0.15) is 0 Å². The number of piperidine rings is 1. The van der Waals surface area contributed by atoms with E-state index in [9.17, 15) is 0 Å². The Bertz CT molecular complexity index is 302. The first-order valence-corrected chi connectivity index (χ1v) is 6.22. The fourth-order valence-electron chi connectivity index (χ4n) is 2.70. The molecule has 0 radical (unpaired) electrons. The molecule has 1 atom stereocenters. The van der Waals surface area contributed by atoms with E-state index in [-0.39, 0.29) is 0 Å². The molecule has 1 N–H and O–H groups in total. The van der Waals surface area contributed by atoms with Crippen molar-refractivity contribution in [2.24, 2.45) is 5.92 Å². The van der Waals surface area contributed by atoms with Gasteiger partial charge in [0.15, 0.2) is 0 Å². The minimum Gasteiger partial charge on any atom is -0.313 e. The molecule has 1 aliphatic rings. The molecule has 1 aliphatic heterocycles. The summed E-state index contributed by atoms with van der Waals surface area (Å²) < 4.78 is 0. The predicted molar refractivity (Wildman–Crippen MR) is 68.5 cm³/mol. The molecule has 88 valence electrons. The summed E-state index contributed by atoms with van der Waals surface area (Å²) in [5.74, 6) is 0.781. The van der Waals surface area contributed by atoms with Gasteiger partial charge >= 0.3 is 0 Å². The fraction of sp³-hybridized carbons (Fsp3) is 0.571. The van der Waals surface area contributed by atoms with Crippen LogP contribution in [0.1, 0.15) is 24.4 Å². The van der Waals surface area contributed by atoms with Crippen LogP contribution in [0.4, 0.5) is 0 Å². The van der Waals surface area contributed by atoms with Crippen LogP contribution in [0.2, 0.25) is 0 Å². The van der Waals surface area contributed by atoms with Crippen LogP contribution in [0.3, 0.4) is 0 Å².